The molecule has 2 rings (SSSR count). The minimum absolute atomic E-state index is 0. The quantitative estimate of drug-likeness (QED) is 0.794. The molecule has 1 heterocycles. The van der Waals surface area contributed by atoms with Crippen LogP contribution < -0.4 is 15.4 Å². The van der Waals surface area contributed by atoms with Gasteiger partial charge in [-0.1, -0.05) is 6.92 Å². The molecule has 0 aliphatic carbocycles. The SMILES string of the molecule is COc1ccc(O)c(C(=O)NCC2(C)CCCNC2)c1.Cl. The summed E-state index contributed by atoms with van der Waals surface area (Å²) in [6.45, 7) is 4.69. The molecule has 1 fully saturated rings. The highest BCUT2D eigenvalue weighted by atomic mass is 35.5. The molecule has 0 spiro atoms. The molecule has 1 aliphatic rings. The van der Waals surface area contributed by atoms with E-state index in [0.717, 1.165) is 25.9 Å². The van der Waals surface area contributed by atoms with Gasteiger partial charge in [-0.15, -0.1) is 12.4 Å². The van der Waals surface area contributed by atoms with Gasteiger partial charge in [-0.05, 0) is 43.0 Å². The highest BCUT2D eigenvalue weighted by molar-refractivity contribution is 5.97. The lowest BCUT2D eigenvalue weighted by Gasteiger charge is -2.34. The second kappa shape index (κ2) is 7.52. The van der Waals surface area contributed by atoms with Gasteiger partial charge in [0.25, 0.3) is 5.91 Å². The topological polar surface area (TPSA) is 70.6 Å². The van der Waals surface area contributed by atoms with Crippen molar-refractivity contribution < 1.29 is 14.6 Å². The number of carbonyl (C=O) groups is 1. The van der Waals surface area contributed by atoms with Gasteiger partial charge in [0.1, 0.15) is 11.5 Å². The van der Waals surface area contributed by atoms with Crippen LogP contribution >= 0.6 is 12.4 Å². The van der Waals surface area contributed by atoms with E-state index in [1.54, 1.807) is 12.1 Å². The van der Waals surface area contributed by atoms with E-state index in [4.69, 9.17) is 4.74 Å². The Bertz CT molecular complexity index is 488. The second-order valence-electron chi connectivity index (χ2n) is 5.66. The minimum atomic E-state index is -0.270. The summed E-state index contributed by atoms with van der Waals surface area (Å²) in [4.78, 5) is 12.2. The maximum Gasteiger partial charge on any atom is 0.255 e. The Morgan fingerprint density at radius 3 is 2.90 bits per heavy atom. The first kappa shape index (κ1) is 17.6. The molecule has 21 heavy (non-hydrogen) atoms. The zero-order chi connectivity index (χ0) is 14.6. The predicted octanol–water partition coefficient (Wildman–Crippen LogP) is 1.94. The van der Waals surface area contributed by atoms with Crippen molar-refractivity contribution in [1.29, 1.82) is 0 Å². The first-order valence-electron chi connectivity index (χ1n) is 6.90. The Morgan fingerprint density at radius 1 is 1.52 bits per heavy atom. The Hall–Kier alpha value is -1.46. The van der Waals surface area contributed by atoms with Gasteiger partial charge >= 0.3 is 0 Å². The summed E-state index contributed by atoms with van der Waals surface area (Å²) >= 11 is 0. The number of rotatable bonds is 4. The largest absolute Gasteiger partial charge is 0.507 e. The van der Waals surface area contributed by atoms with E-state index in [0.29, 0.717) is 12.3 Å². The molecule has 6 heteroatoms. The Morgan fingerprint density at radius 2 is 2.29 bits per heavy atom. The average molecular weight is 315 g/mol. The fourth-order valence-electron chi connectivity index (χ4n) is 2.48. The normalized spacial score (nSPS) is 21.2. The fraction of sp³-hybridized carbons (Fsp3) is 0.533. The maximum atomic E-state index is 12.2. The van der Waals surface area contributed by atoms with E-state index in [2.05, 4.69) is 17.6 Å². The number of amides is 1. The van der Waals surface area contributed by atoms with Crippen molar-refractivity contribution in [2.24, 2.45) is 5.41 Å². The van der Waals surface area contributed by atoms with Crippen LogP contribution in [0.3, 0.4) is 0 Å². The molecule has 5 nitrogen and oxygen atoms in total. The lowest BCUT2D eigenvalue weighted by Crippen LogP contribution is -2.45. The van der Waals surface area contributed by atoms with Gasteiger partial charge in [-0.25, -0.2) is 0 Å². The van der Waals surface area contributed by atoms with Gasteiger partial charge in [0.15, 0.2) is 0 Å². The number of ether oxygens (including phenoxy) is 1. The summed E-state index contributed by atoms with van der Waals surface area (Å²) in [6, 6.07) is 4.64. The molecule has 1 unspecified atom stereocenters. The van der Waals surface area contributed by atoms with Crippen molar-refractivity contribution >= 4 is 18.3 Å². The van der Waals surface area contributed by atoms with Gasteiger partial charge in [-0.3, -0.25) is 4.79 Å². The van der Waals surface area contributed by atoms with Crippen LogP contribution in [0.25, 0.3) is 0 Å². The number of halogens is 1. The number of piperidine rings is 1. The summed E-state index contributed by atoms with van der Waals surface area (Å²) in [5.41, 5.74) is 0.319. The van der Waals surface area contributed by atoms with Crippen LogP contribution in [0.5, 0.6) is 11.5 Å². The third-order valence-corrected chi connectivity index (χ3v) is 3.81. The first-order chi connectivity index (χ1) is 9.54. The van der Waals surface area contributed by atoms with Crippen molar-refractivity contribution in [1.82, 2.24) is 10.6 Å². The van der Waals surface area contributed by atoms with E-state index in [1.165, 1.54) is 13.2 Å². The number of benzene rings is 1. The molecule has 1 aromatic rings. The lowest BCUT2D eigenvalue weighted by atomic mass is 9.83. The standard InChI is InChI=1S/C15H22N2O3.ClH/c1-15(6-3-7-16-9-15)10-17-14(19)12-8-11(20-2)4-5-13(12)18;/h4-5,8,16,18H,3,6-7,9-10H2,1-2H3,(H,17,19);1H. The van der Waals surface area contributed by atoms with Gasteiger partial charge < -0.3 is 20.5 Å². The van der Waals surface area contributed by atoms with Gasteiger partial charge in [0, 0.05) is 13.1 Å². The molecular weight excluding hydrogens is 292 g/mol. The van der Waals surface area contributed by atoms with E-state index >= 15 is 0 Å². The van der Waals surface area contributed by atoms with Gasteiger partial charge in [0.2, 0.25) is 0 Å². The van der Waals surface area contributed by atoms with E-state index < -0.39 is 0 Å². The van der Waals surface area contributed by atoms with Crippen LogP contribution in [0.1, 0.15) is 30.1 Å². The number of carbonyl (C=O) groups excluding carboxylic acids is 1. The minimum Gasteiger partial charge on any atom is -0.507 e. The van der Waals surface area contributed by atoms with Gasteiger partial charge in [0.05, 0.1) is 12.7 Å². The molecule has 1 amide bonds. The molecule has 0 radical (unpaired) electrons. The number of hydrogen-bond acceptors (Lipinski definition) is 4. The second-order valence-corrected chi connectivity index (χ2v) is 5.66. The van der Waals surface area contributed by atoms with Crippen molar-refractivity contribution in [2.75, 3.05) is 26.7 Å². The number of aromatic hydroxyl groups is 1. The third kappa shape index (κ3) is 4.51. The molecular formula is C15H23ClN2O3. The predicted molar refractivity (Wildman–Crippen MR) is 84.5 cm³/mol. The average Bonchev–Trinajstić information content (AvgIpc) is 2.46. The maximum absolute atomic E-state index is 12.2. The van der Waals surface area contributed by atoms with Crippen LogP contribution in [0, 0.1) is 5.41 Å². The first-order valence-corrected chi connectivity index (χ1v) is 6.90. The highest BCUT2D eigenvalue weighted by Gasteiger charge is 2.27. The van der Waals surface area contributed by atoms with Crippen LogP contribution in [0.4, 0.5) is 0 Å². The molecule has 1 aromatic carbocycles. The summed E-state index contributed by atoms with van der Waals surface area (Å²) in [5.74, 6) is 0.252. The van der Waals surface area contributed by atoms with E-state index in [9.17, 15) is 9.90 Å². The summed E-state index contributed by atoms with van der Waals surface area (Å²) in [5, 5.41) is 16.0. The molecule has 0 bridgehead atoms. The van der Waals surface area contributed by atoms with Crippen LogP contribution in [0.15, 0.2) is 18.2 Å². The molecule has 0 aromatic heterocycles. The molecule has 3 N–H and O–H groups in total. The number of methoxy groups -OCH3 is 1. The Balaban J connectivity index is 0.00000220. The third-order valence-electron chi connectivity index (χ3n) is 3.81. The van der Waals surface area contributed by atoms with E-state index in [1.807, 2.05) is 0 Å². The monoisotopic (exact) mass is 314 g/mol. The number of phenols is 1. The molecule has 0 saturated carbocycles. The van der Waals surface area contributed by atoms with Crippen molar-refractivity contribution in [3.63, 3.8) is 0 Å². The molecule has 1 atom stereocenters. The van der Waals surface area contributed by atoms with Crippen LogP contribution in [-0.4, -0.2) is 37.8 Å². The smallest absolute Gasteiger partial charge is 0.255 e. The summed E-state index contributed by atoms with van der Waals surface area (Å²) in [6.07, 6.45) is 2.21. The molecule has 1 aliphatic heterocycles. The summed E-state index contributed by atoms with van der Waals surface area (Å²) < 4.78 is 5.07. The summed E-state index contributed by atoms with van der Waals surface area (Å²) in [7, 11) is 1.53. The van der Waals surface area contributed by atoms with Crippen molar-refractivity contribution in [3.05, 3.63) is 23.8 Å². The van der Waals surface area contributed by atoms with Gasteiger partial charge in [-0.2, -0.15) is 0 Å². The zero-order valence-electron chi connectivity index (χ0n) is 12.4. The number of nitrogens with one attached hydrogen (secondary N) is 2. The Kier molecular flexibility index (Phi) is 6.30. The van der Waals surface area contributed by atoms with Crippen LogP contribution in [0.2, 0.25) is 0 Å². The van der Waals surface area contributed by atoms with Crippen molar-refractivity contribution in [3.8, 4) is 11.5 Å². The Labute approximate surface area is 131 Å². The van der Waals surface area contributed by atoms with E-state index in [-0.39, 0.29) is 35.0 Å². The zero-order valence-corrected chi connectivity index (χ0v) is 13.3. The lowest BCUT2D eigenvalue weighted by molar-refractivity contribution is 0.0921. The molecule has 1 saturated heterocycles. The van der Waals surface area contributed by atoms with Crippen LogP contribution in [-0.2, 0) is 0 Å². The highest BCUT2D eigenvalue weighted by Crippen LogP contribution is 2.26. The fourth-order valence-corrected chi connectivity index (χ4v) is 2.48. The number of phenolic OH excluding ortho intramolecular Hbond substituents is 1. The molecule has 118 valence electrons. The number of hydrogen-bond donors (Lipinski definition) is 3. The van der Waals surface area contributed by atoms with Crippen molar-refractivity contribution in [2.45, 2.75) is 19.8 Å².